The molecule has 0 spiro atoms. The molecule has 0 saturated heterocycles. The van der Waals surface area contributed by atoms with E-state index < -0.39 is 0 Å². The summed E-state index contributed by atoms with van der Waals surface area (Å²) in [6.07, 6.45) is 6.09. The van der Waals surface area contributed by atoms with Gasteiger partial charge in [0, 0.05) is 16.5 Å². The minimum Gasteiger partial charge on any atom is -0.508 e. The second-order valence-corrected chi connectivity index (χ2v) is 9.33. The van der Waals surface area contributed by atoms with Crippen molar-refractivity contribution >= 4 is 21.5 Å². The Bertz CT molecular complexity index is 1240. The topological polar surface area (TPSA) is 49.7 Å². The monoisotopic (exact) mass is 410 g/mol. The van der Waals surface area contributed by atoms with E-state index in [1.807, 2.05) is 24.3 Å². The van der Waals surface area contributed by atoms with E-state index in [0.29, 0.717) is 5.92 Å². The first-order chi connectivity index (χ1) is 15.1. The summed E-state index contributed by atoms with van der Waals surface area (Å²) in [4.78, 5) is 0. The molecule has 1 saturated carbocycles. The summed E-state index contributed by atoms with van der Waals surface area (Å²) < 4.78 is 6.50. The van der Waals surface area contributed by atoms with Crippen LogP contribution >= 0.6 is 0 Å². The number of phenols is 2. The summed E-state index contributed by atoms with van der Waals surface area (Å²) in [6, 6.07) is 19.5. The lowest BCUT2D eigenvalue weighted by Gasteiger charge is -2.46. The van der Waals surface area contributed by atoms with Crippen molar-refractivity contribution in [3.63, 3.8) is 0 Å². The molecule has 1 heterocycles. The Labute approximate surface area is 181 Å². The van der Waals surface area contributed by atoms with Crippen molar-refractivity contribution < 1.29 is 14.9 Å². The summed E-state index contributed by atoms with van der Waals surface area (Å²) in [6.45, 7) is 2.36. The average molecular weight is 411 g/mol. The lowest BCUT2D eigenvalue weighted by atomic mass is 9.60. The highest BCUT2D eigenvalue weighted by Crippen LogP contribution is 2.58. The second kappa shape index (κ2) is 6.65. The van der Waals surface area contributed by atoms with Gasteiger partial charge in [0.2, 0.25) is 0 Å². The SMILES string of the molecule is CC1(C2CCCCC2)c2c(ccc3ccc(O)cc23)Oc2ccc3ccc(O)cc3c21. The van der Waals surface area contributed by atoms with Crippen LogP contribution < -0.4 is 4.74 Å². The van der Waals surface area contributed by atoms with Crippen molar-refractivity contribution in [1.82, 2.24) is 0 Å². The Morgan fingerprint density at radius 1 is 0.710 bits per heavy atom. The number of aromatic hydroxyl groups is 2. The van der Waals surface area contributed by atoms with Crippen LogP contribution in [-0.2, 0) is 5.41 Å². The van der Waals surface area contributed by atoms with E-state index in [1.54, 1.807) is 12.1 Å². The van der Waals surface area contributed by atoms with E-state index in [0.717, 1.165) is 44.2 Å². The van der Waals surface area contributed by atoms with Gasteiger partial charge in [0.1, 0.15) is 23.0 Å². The molecule has 0 atom stereocenters. The number of fused-ring (bicyclic) bond motifs is 6. The van der Waals surface area contributed by atoms with Crippen molar-refractivity contribution in [3.05, 3.63) is 71.8 Å². The van der Waals surface area contributed by atoms with Crippen LogP contribution in [0.2, 0.25) is 0 Å². The van der Waals surface area contributed by atoms with Crippen LogP contribution in [0.3, 0.4) is 0 Å². The predicted octanol–water partition coefficient (Wildman–Crippen LogP) is 7.40. The summed E-state index contributed by atoms with van der Waals surface area (Å²) in [5.74, 6) is 2.75. The fourth-order valence-corrected chi connectivity index (χ4v) is 6.15. The highest BCUT2D eigenvalue weighted by molar-refractivity contribution is 5.96. The number of ether oxygens (including phenoxy) is 1. The van der Waals surface area contributed by atoms with Crippen LogP contribution in [0.4, 0.5) is 0 Å². The lowest BCUT2D eigenvalue weighted by molar-refractivity contribution is 0.240. The van der Waals surface area contributed by atoms with E-state index in [9.17, 15) is 10.2 Å². The fourth-order valence-electron chi connectivity index (χ4n) is 6.15. The molecule has 1 aliphatic carbocycles. The number of phenolic OH excluding ortho intramolecular Hbond substituents is 2. The second-order valence-electron chi connectivity index (χ2n) is 9.33. The van der Waals surface area contributed by atoms with Gasteiger partial charge in [0.25, 0.3) is 0 Å². The van der Waals surface area contributed by atoms with Crippen molar-refractivity contribution in [2.45, 2.75) is 44.4 Å². The molecular weight excluding hydrogens is 384 g/mol. The Balaban J connectivity index is 1.75. The predicted molar refractivity (Wildman–Crippen MR) is 124 cm³/mol. The molecule has 1 aliphatic heterocycles. The largest absolute Gasteiger partial charge is 0.508 e. The van der Waals surface area contributed by atoms with Crippen molar-refractivity contribution in [3.8, 4) is 23.0 Å². The van der Waals surface area contributed by atoms with Gasteiger partial charge in [-0.25, -0.2) is 0 Å². The molecule has 3 heteroatoms. The third kappa shape index (κ3) is 2.65. The van der Waals surface area contributed by atoms with E-state index in [4.69, 9.17) is 4.74 Å². The number of benzene rings is 4. The van der Waals surface area contributed by atoms with E-state index in [1.165, 1.54) is 32.1 Å². The van der Waals surface area contributed by atoms with Gasteiger partial charge in [-0.15, -0.1) is 0 Å². The van der Waals surface area contributed by atoms with E-state index in [-0.39, 0.29) is 16.9 Å². The molecule has 156 valence electrons. The molecule has 4 aromatic carbocycles. The standard InChI is InChI=1S/C28H26O3/c1-28(19-5-3-2-4-6-19)26-22-15-20(29)11-7-17(22)9-13-24(26)31-25-14-10-18-8-12-21(30)16-23(18)27(25)28/h7-16,19,29-30H,2-6H2,1H3. The molecule has 2 N–H and O–H groups in total. The number of hydrogen-bond donors (Lipinski definition) is 2. The average Bonchev–Trinajstić information content (AvgIpc) is 2.78. The van der Waals surface area contributed by atoms with Crippen LogP contribution in [0.15, 0.2) is 60.7 Å². The maximum Gasteiger partial charge on any atom is 0.132 e. The first-order valence-electron chi connectivity index (χ1n) is 11.3. The van der Waals surface area contributed by atoms with Gasteiger partial charge in [0.05, 0.1) is 0 Å². The molecule has 0 unspecified atom stereocenters. The smallest absolute Gasteiger partial charge is 0.132 e. The Morgan fingerprint density at radius 2 is 1.19 bits per heavy atom. The summed E-state index contributed by atoms with van der Waals surface area (Å²) in [5.41, 5.74) is 2.04. The third-order valence-electron chi connectivity index (χ3n) is 7.61. The minimum absolute atomic E-state index is 0.272. The van der Waals surface area contributed by atoms with E-state index >= 15 is 0 Å². The molecule has 0 aromatic heterocycles. The van der Waals surface area contributed by atoms with Crippen LogP contribution in [0.5, 0.6) is 23.0 Å². The maximum absolute atomic E-state index is 10.3. The quantitative estimate of drug-likeness (QED) is 0.344. The first-order valence-corrected chi connectivity index (χ1v) is 11.3. The Hall–Kier alpha value is -3.20. The molecule has 4 aromatic rings. The lowest BCUT2D eigenvalue weighted by Crippen LogP contribution is -2.37. The highest BCUT2D eigenvalue weighted by Gasteiger charge is 2.46. The molecule has 31 heavy (non-hydrogen) atoms. The summed E-state index contributed by atoms with van der Waals surface area (Å²) in [7, 11) is 0. The molecule has 0 bridgehead atoms. The molecular formula is C28H26O3. The summed E-state index contributed by atoms with van der Waals surface area (Å²) in [5, 5.41) is 25.0. The summed E-state index contributed by atoms with van der Waals surface area (Å²) >= 11 is 0. The third-order valence-corrected chi connectivity index (χ3v) is 7.61. The van der Waals surface area contributed by atoms with Crippen LogP contribution in [0.25, 0.3) is 21.5 Å². The minimum atomic E-state index is -0.288. The first kappa shape index (κ1) is 18.6. The number of rotatable bonds is 1. The molecule has 6 rings (SSSR count). The molecule has 0 amide bonds. The molecule has 1 fully saturated rings. The van der Waals surface area contributed by atoms with Gasteiger partial charge in [-0.2, -0.15) is 0 Å². The van der Waals surface area contributed by atoms with Gasteiger partial charge in [0.15, 0.2) is 0 Å². The van der Waals surface area contributed by atoms with Crippen LogP contribution in [-0.4, -0.2) is 10.2 Å². The Kier molecular flexibility index (Phi) is 3.98. The van der Waals surface area contributed by atoms with Crippen molar-refractivity contribution in [2.24, 2.45) is 5.92 Å². The van der Waals surface area contributed by atoms with Gasteiger partial charge in [-0.1, -0.05) is 50.5 Å². The molecule has 3 nitrogen and oxygen atoms in total. The normalized spacial score (nSPS) is 17.8. The van der Waals surface area contributed by atoms with Gasteiger partial charge in [-0.05, 0) is 76.7 Å². The zero-order valence-electron chi connectivity index (χ0n) is 17.7. The fraction of sp³-hybridized carbons (Fsp3) is 0.286. The van der Waals surface area contributed by atoms with Crippen molar-refractivity contribution in [2.75, 3.05) is 0 Å². The van der Waals surface area contributed by atoms with Crippen LogP contribution in [0, 0.1) is 5.92 Å². The zero-order valence-corrected chi connectivity index (χ0v) is 17.7. The van der Waals surface area contributed by atoms with E-state index in [2.05, 4.69) is 31.2 Å². The van der Waals surface area contributed by atoms with Gasteiger partial charge < -0.3 is 14.9 Å². The van der Waals surface area contributed by atoms with Crippen LogP contribution in [0.1, 0.15) is 50.2 Å². The Morgan fingerprint density at radius 3 is 1.71 bits per heavy atom. The highest BCUT2D eigenvalue weighted by atomic mass is 16.5. The molecule has 0 radical (unpaired) electrons. The zero-order chi connectivity index (χ0) is 21.2. The molecule has 2 aliphatic rings. The maximum atomic E-state index is 10.3. The van der Waals surface area contributed by atoms with Gasteiger partial charge in [-0.3, -0.25) is 0 Å². The van der Waals surface area contributed by atoms with Gasteiger partial charge >= 0.3 is 0 Å². The van der Waals surface area contributed by atoms with Crippen molar-refractivity contribution in [1.29, 1.82) is 0 Å². The number of hydrogen-bond acceptors (Lipinski definition) is 3.